The molecule has 1 heterocycles. The molecule has 0 fully saturated rings. The molecule has 0 saturated carbocycles. The summed E-state index contributed by atoms with van der Waals surface area (Å²) in [4.78, 5) is 0. The normalized spacial score (nSPS) is 16.6. The predicted molar refractivity (Wildman–Crippen MR) is 75.1 cm³/mol. The molecule has 0 radical (unpaired) electrons. The monoisotopic (exact) mass is 256 g/mol. The summed E-state index contributed by atoms with van der Waals surface area (Å²) in [5.41, 5.74) is 4.07. The van der Waals surface area contributed by atoms with E-state index in [1.807, 2.05) is 23.7 Å². The van der Waals surface area contributed by atoms with Gasteiger partial charge in [-0.3, -0.25) is 4.68 Å². The standard InChI is InChI=1S/C16H20N2O/c1-3-18-15(8-12(2)17-18)11-16(19)9-13-6-4-5-7-14(13)10-16/h4-8,19H,3,9-11H2,1-2H3. The summed E-state index contributed by atoms with van der Waals surface area (Å²) in [5.74, 6) is 0. The predicted octanol–water partition coefficient (Wildman–Crippen LogP) is 2.28. The molecular formula is C16H20N2O. The first kappa shape index (κ1) is 12.4. The number of nitrogens with zero attached hydrogens (tertiary/aromatic N) is 2. The summed E-state index contributed by atoms with van der Waals surface area (Å²) in [7, 11) is 0. The van der Waals surface area contributed by atoms with Gasteiger partial charge in [0.2, 0.25) is 0 Å². The molecule has 1 aliphatic carbocycles. The van der Waals surface area contributed by atoms with Gasteiger partial charge in [-0.25, -0.2) is 0 Å². The molecule has 0 unspecified atom stereocenters. The Balaban J connectivity index is 1.84. The van der Waals surface area contributed by atoms with Gasteiger partial charge in [0.25, 0.3) is 0 Å². The van der Waals surface area contributed by atoms with E-state index in [4.69, 9.17) is 0 Å². The van der Waals surface area contributed by atoms with E-state index in [0.717, 1.165) is 30.8 Å². The third-order valence-corrected chi connectivity index (χ3v) is 3.95. The molecule has 3 rings (SSSR count). The average Bonchev–Trinajstić information content (AvgIpc) is 2.88. The second kappa shape index (κ2) is 4.49. The summed E-state index contributed by atoms with van der Waals surface area (Å²) in [6.45, 7) is 4.94. The molecule has 1 N–H and O–H groups in total. The zero-order valence-corrected chi connectivity index (χ0v) is 11.6. The maximum atomic E-state index is 10.9. The van der Waals surface area contributed by atoms with E-state index >= 15 is 0 Å². The van der Waals surface area contributed by atoms with Crippen LogP contribution in [0.2, 0.25) is 0 Å². The van der Waals surface area contributed by atoms with E-state index in [2.05, 4.69) is 30.2 Å². The fourth-order valence-corrected chi connectivity index (χ4v) is 3.15. The van der Waals surface area contributed by atoms with Gasteiger partial charge in [0.1, 0.15) is 0 Å². The Morgan fingerprint density at radius 1 is 1.26 bits per heavy atom. The molecule has 2 aromatic rings. The highest BCUT2D eigenvalue weighted by Crippen LogP contribution is 2.32. The Labute approximate surface area is 113 Å². The molecule has 0 amide bonds. The van der Waals surface area contributed by atoms with Crippen molar-refractivity contribution in [2.24, 2.45) is 0 Å². The summed E-state index contributed by atoms with van der Waals surface area (Å²) >= 11 is 0. The summed E-state index contributed by atoms with van der Waals surface area (Å²) < 4.78 is 2.00. The molecule has 1 aromatic heterocycles. The van der Waals surface area contributed by atoms with Crippen LogP contribution in [0.15, 0.2) is 30.3 Å². The zero-order valence-electron chi connectivity index (χ0n) is 11.6. The van der Waals surface area contributed by atoms with E-state index in [0.29, 0.717) is 6.42 Å². The first-order valence-electron chi connectivity index (χ1n) is 6.92. The van der Waals surface area contributed by atoms with Crippen molar-refractivity contribution in [3.05, 3.63) is 52.8 Å². The van der Waals surface area contributed by atoms with Crippen LogP contribution in [-0.2, 0) is 25.8 Å². The molecule has 3 heteroatoms. The maximum absolute atomic E-state index is 10.9. The Hall–Kier alpha value is -1.61. The van der Waals surface area contributed by atoms with Crippen LogP contribution in [0.4, 0.5) is 0 Å². The number of rotatable bonds is 3. The van der Waals surface area contributed by atoms with Crippen LogP contribution in [0.5, 0.6) is 0 Å². The zero-order chi connectivity index (χ0) is 13.5. The average molecular weight is 256 g/mol. The highest BCUT2D eigenvalue weighted by Gasteiger charge is 2.35. The second-order valence-corrected chi connectivity index (χ2v) is 5.62. The number of benzene rings is 1. The van der Waals surface area contributed by atoms with Crippen LogP contribution in [0.1, 0.15) is 29.4 Å². The van der Waals surface area contributed by atoms with Gasteiger partial charge in [-0.2, -0.15) is 5.10 Å². The lowest BCUT2D eigenvalue weighted by atomic mass is 9.94. The Morgan fingerprint density at radius 3 is 2.47 bits per heavy atom. The van der Waals surface area contributed by atoms with E-state index in [1.165, 1.54) is 11.1 Å². The number of aliphatic hydroxyl groups is 1. The van der Waals surface area contributed by atoms with Crippen molar-refractivity contribution < 1.29 is 5.11 Å². The van der Waals surface area contributed by atoms with Gasteiger partial charge in [0, 0.05) is 31.5 Å². The third kappa shape index (κ3) is 2.30. The fraction of sp³-hybridized carbons (Fsp3) is 0.438. The number of aromatic nitrogens is 2. The molecule has 19 heavy (non-hydrogen) atoms. The van der Waals surface area contributed by atoms with Gasteiger partial charge in [-0.05, 0) is 31.0 Å². The second-order valence-electron chi connectivity index (χ2n) is 5.62. The Kier molecular flexibility index (Phi) is 2.94. The summed E-state index contributed by atoms with van der Waals surface area (Å²) in [6.07, 6.45) is 2.17. The molecule has 3 nitrogen and oxygen atoms in total. The van der Waals surface area contributed by atoms with Crippen molar-refractivity contribution in [1.82, 2.24) is 9.78 Å². The minimum absolute atomic E-state index is 0.650. The van der Waals surface area contributed by atoms with Crippen molar-refractivity contribution >= 4 is 0 Å². The van der Waals surface area contributed by atoms with Crippen LogP contribution in [-0.4, -0.2) is 20.5 Å². The van der Waals surface area contributed by atoms with Crippen LogP contribution >= 0.6 is 0 Å². The topological polar surface area (TPSA) is 38.0 Å². The molecule has 0 aliphatic heterocycles. The highest BCUT2D eigenvalue weighted by molar-refractivity contribution is 5.36. The van der Waals surface area contributed by atoms with E-state index < -0.39 is 5.60 Å². The lowest BCUT2D eigenvalue weighted by Gasteiger charge is -2.22. The molecule has 0 atom stereocenters. The van der Waals surface area contributed by atoms with Crippen molar-refractivity contribution in [3.63, 3.8) is 0 Å². The SMILES string of the molecule is CCn1nc(C)cc1CC1(O)Cc2ccccc2C1. The first-order valence-corrected chi connectivity index (χ1v) is 6.92. The third-order valence-electron chi connectivity index (χ3n) is 3.95. The number of aryl methyl sites for hydroxylation is 2. The molecule has 1 aromatic carbocycles. The Morgan fingerprint density at radius 2 is 1.89 bits per heavy atom. The van der Waals surface area contributed by atoms with Gasteiger partial charge >= 0.3 is 0 Å². The minimum Gasteiger partial charge on any atom is -0.389 e. The minimum atomic E-state index is -0.650. The van der Waals surface area contributed by atoms with Gasteiger partial charge in [-0.15, -0.1) is 0 Å². The van der Waals surface area contributed by atoms with Crippen LogP contribution in [0, 0.1) is 6.92 Å². The van der Waals surface area contributed by atoms with E-state index in [1.54, 1.807) is 0 Å². The van der Waals surface area contributed by atoms with E-state index in [-0.39, 0.29) is 0 Å². The van der Waals surface area contributed by atoms with Gasteiger partial charge < -0.3 is 5.11 Å². The number of fused-ring (bicyclic) bond motifs is 1. The summed E-state index contributed by atoms with van der Waals surface area (Å²) in [6, 6.07) is 10.4. The highest BCUT2D eigenvalue weighted by atomic mass is 16.3. The molecular weight excluding hydrogens is 236 g/mol. The number of hydrogen-bond acceptors (Lipinski definition) is 2. The first-order chi connectivity index (χ1) is 9.09. The summed E-state index contributed by atoms with van der Waals surface area (Å²) in [5, 5.41) is 15.3. The maximum Gasteiger partial charge on any atom is 0.0783 e. The molecule has 100 valence electrons. The largest absolute Gasteiger partial charge is 0.389 e. The van der Waals surface area contributed by atoms with Crippen LogP contribution in [0.3, 0.4) is 0 Å². The smallest absolute Gasteiger partial charge is 0.0783 e. The molecule has 0 bridgehead atoms. The lowest BCUT2D eigenvalue weighted by molar-refractivity contribution is 0.0497. The van der Waals surface area contributed by atoms with Crippen molar-refractivity contribution in [2.75, 3.05) is 0 Å². The van der Waals surface area contributed by atoms with Gasteiger partial charge in [0.05, 0.1) is 11.3 Å². The van der Waals surface area contributed by atoms with Crippen LogP contribution in [0.25, 0.3) is 0 Å². The lowest BCUT2D eigenvalue weighted by Crippen LogP contribution is -2.33. The Bertz CT molecular complexity index is 576. The van der Waals surface area contributed by atoms with Crippen molar-refractivity contribution in [1.29, 1.82) is 0 Å². The molecule has 0 saturated heterocycles. The number of hydrogen-bond donors (Lipinski definition) is 1. The molecule has 0 spiro atoms. The van der Waals surface area contributed by atoms with Gasteiger partial charge in [0.15, 0.2) is 0 Å². The van der Waals surface area contributed by atoms with Gasteiger partial charge in [-0.1, -0.05) is 24.3 Å². The van der Waals surface area contributed by atoms with Crippen molar-refractivity contribution in [2.45, 2.75) is 45.3 Å². The van der Waals surface area contributed by atoms with Crippen molar-refractivity contribution in [3.8, 4) is 0 Å². The fourth-order valence-electron chi connectivity index (χ4n) is 3.15. The quantitative estimate of drug-likeness (QED) is 0.915. The molecule has 1 aliphatic rings. The van der Waals surface area contributed by atoms with E-state index in [9.17, 15) is 5.11 Å². The van der Waals surface area contributed by atoms with Crippen LogP contribution < -0.4 is 0 Å².